The van der Waals surface area contributed by atoms with Gasteiger partial charge in [-0.05, 0) is 18.8 Å². The maximum atomic E-state index is 11.0. The van der Waals surface area contributed by atoms with E-state index in [1.54, 1.807) is 16.0 Å². The Bertz CT molecular complexity index is 781. The molecule has 1 unspecified atom stereocenters. The molecule has 1 fully saturated rings. The smallest absolute Gasteiger partial charge is 0.120 e. The highest BCUT2D eigenvalue weighted by Crippen LogP contribution is 2.42. The van der Waals surface area contributed by atoms with Gasteiger partial charge in [0.15, 0.2) is 0 Å². The number of aliphatic hydroxyl groups is 1. The van der Waals surface area contributed by atoms with Crippen LogP contribution in [0, 0.1) is 5.92 Å². The molecule has 3 aromatic rings. The molecule has 22 heavy (non-hydrogen) atoms. The lowest BCUT2D eigenvalue weighted by atomic mass is 9.83. The molecule has 0 aliphatic heterocycles. The van der Waals surface area contributed by atoms with Gasteiger partial charge in [-0.2, -0.15) is 5.10 Å². The van der Waals surface area contributed by atoms with Gasteiger partial charge in [0.25, 0.3) is 0 Å². The van der Waals surface area contributed by atoms with Gasteiger partial charge in [0.1, 0.15) is 11.2 Å². The van der Waals surface area contributed by atoms with E-state index in [1.807, 2.05) is 36.4 Å². The fourth-order valence-electron chi connectivity index (χ4n) is 3.50. The van der Waals surface area contributed by atoms with Crippen molar-refractivity contribution in [1.82, 2.24) is 19.2 Å². The molecule has 1 N–H and O–H groups in total. The second kappa shape index (κ2) is 5.52. The molecule has 0 aromatic carbocycles. The van der Waals surface area contributed by atoms with Gasteiger partial charge in [-0.15, -0.1) is 11.3 Å². The van der Waals surface area contributed by atoms with Crippen LogP contribution in [0.1, 0.15) is 43.9 Å². The summed E-state index contributed by atoms with van der Waals surface area (Å²) in [6.45, 7) is 0. The third-order valence-corrected chi connectivity index (χ3v) is 5.81. The van der Waals surface area contributed by atoms with Crippen molar-refractivity contribution in [2.45, 2.75) is 38.2 Å². The zero-order valence-electron chi connectivity index (χ0n) is 12.6. The number of hydrogen-bond donors (Lipinski definition) is 1. The maximum Gasteiger partial charge on any atom is 0.120 e. The number of nitrogens with zero attached hydrogens (tertiary/aromatic N) is 4. The number of aryl methyl sites for hydroxylation is 1. The summed E-state index contributed by atoms with van der Waals surface area (Å²) in [4.78, 5) is 6.42. The summed E-state index contributed by atoms with van der Waals surface area (Å²) in [5, 5.41) is 15.3. The van der Waals surface area contributed by atoms with Crippen LogP contribution >= 0.6 is 11.3 Å². The molecule has 3 heterocycles. The van der Waals surface area contributed by atoms with Gasteiger partial charge in [0.05, 0.1) is 29.1 Å². The molecule has 1 saturated carbocycles. The van der Waals surface area contributed by atoms with Crippen LogP contribution in [0.3, 0.4) is 0 Å². The van der Waals surface area contributed by atoms with Crippen molar-refractivity contribution in [2.75, 3.05) is 0 Å². The Morgan fingerprint density at radius 1 is 1.27 bits per heavy atom. The molecule has 0 saturated heterocycles. The van der Waals surface area contributed by atoms with E-state index in [9.17, 15) is 5.11 Å². The summed E-state index contributed by atoms with van der Waals surface area (Å²) in [6, 6.07) is 0. The molecule has 116 valence electrons. The normalized spacial score (nSPS) is 18.1. The minimum absolute atomic E-state index is 0.351. The van der Waals surface area contributed by atoms with Crippen molar-refractivity contribution in [3.63, 3.8) is 0 Å². The summed E-state index contributed by atoms with van der Waals surface area (Å²) < 4.78 is 3.85. The lowest BCUT2D eigenvalue weighted by molar-refractivity contribution is 0.0811. The topological polar surface area (TPSA) is 55.4 Å². The number of rotatable bonds is 3. The highest BCUT2D eigenvalue weighted by molar-refractivity contribution is 7.20. The highest BCUT2D eigenvalue weighted by atomic mass is 32.1. The minimum Gasteiger partial charge on any atom is -0.387 e. The third kappa shape index (κ3) is 2.27. The predicted octanol–water partition coefficient (Wildman–Crippen LogP) is 3.41. The van der Waals surface area contributed by atoms with Crippen LogP contribution in [0.2, 0.25) is 0 Å². The molecule has 1 aliphatic carbocycles. The molecule has 3 aromatic heterocycles. The number of fused-ring (bicyclic) bond motifs is 1. The minimum atomic E-state index is -0.432. The average Bonchev–Trinajstić information content (AvgIpc) is 3.22. The van der Waals surface area contributed by atoms with Crippen molar-refractivity contribution in [3.05, 3.63) is 30.6 Å². The summed E-state index contributed by atoms with van der Waals surface area (Å²) in [5.41, 5.74) is 2.05. The molecule has 4 rings (SSSR count). The Kier molecular flexibility index (Phi) is 3.50. The predicted molar refractivity (Wildman–Crippen MR) is 86.8 cm³/mol. The van der Waals surface area contributed by atoms with Gasteiger partial charge in [0.2, 0.25) is 0 Å². The van der Waals surface area contributed by atoms with E-state index < -0.39 is 6.10 Å². The first-order valence-corrected chi connectivity index (χ1v) is 8.67. The maximum absolute atomic E-state index is 11.0. The number of thiazole rings is 1. The fraction of sp³-hybridized carbons (Fsp3) is 0.500. The SMILES string of the molecule is Cn1cc(-c2sc3cncn3c2C(O)C2CCCCC2)cn1. The van der Waals surface area contributed by atoms with Gasteiger partial charge >= 0.3 is 0 Å². The first-order valence-electron chi connectivity index (χ1n) is 7.86. The van der Waals surface area contributed by atoms with E-state index >= 15 is 0 Å². The van der Waals surface area contributed by atoms with Crippen LogP contribution < -0.4 is 0 Å². The van der Waals surface area contributed by atoms with E-state index in [2.05, 4.69) is 10.1 Å². The van der Waals surface area contributed by atoms with E-state index in [0.29, 0.717) is 5.92 Å². The van der Waals surface area contributed by atoms with E-state index in [1.165, 1.54) is 19.3 Å². The zero-order chi connectivity index (χ0) is 15.1. The molecule has 0 amide bonds. The molecule has 1 atom stereocenters. The number of aromatic nitrogens is 4. The van der Waals surface area contributed by atoms with Gasteiger partial charge in [-0.1, -0.05) is 19.3 Å². The molecule has 0 spiro atoms. The molecule has 0 bridgehead atoms. The van der Waals surface area contributed by atoms with Gasteiger partial charge < -0.3 is 5.11 Å². The summed E-state index contributed by atoms with van der Waals surface area (Å²) in [7, 11) is 1.92. The molecule has 1 aliphatic rings. The van der Waals surface area contributed by atoms with E-state index in [-0.39, 0.29) is 0 Å². The second-order valence-corrected chi connectivity index (χ2v) is 7.19. The molecule has 6 heteroatoms. The summed E-state index contributed by atoms with van der Waals surface area (Å²) >= 11 is 1.68. The Morgan fingerprint density at radius 2 is 2.09 bits per heavy atom. The van der Waals surface area contributed by atoms with Crippen molar-refractivity contribution in [3.8, 4) is 10.4 Å². The summed E-state index contributed by atoms with van der Waals surface area (Å²) in [5.74, 6) is 0.351. The largest absolute Gasteiger partial charge is 0.387 e. The monoisotopic (exact) mass is 316 g/mol. The number of hydrogen-bond acceptors (Lipinski definition) is 4. The third-order valence-electron chi connectivity index (χ3n) is 4.65. The molecule has 0 radical (unpaired) electrons. The molecular weight excluding hydrogens is 296 g/mol. The van der Waals surface area contributed by atoms with Crippen LogP contribution in [0.4, 0.5) is 0 Å². The Hall–Kier alpha value is -1.66. The Balaban J connectivity index is 1.81. The highest BCUT2D eigenvalue weighted by Gasteiger charge is 2.29. The van der Waals surface area contributed by atoms with Crippen LogP contribution in [0.15, 0.2) is 24.9 Å². The van der Waals surface area contributed by atoms with E-state index in [0.717, 1.165) is 33.8 Å². The standard InChI is InChI=1S/C16H20N4OS/c1-19-9-12(7-18-19)16-14(20-10-17-8-13(20)22-16)15(21)11-5-3-2-4-6-11/h7-11,15,21H,2-6H2,1H3. The lowest BCUT2D eigenvalue weighted by Gasteiger charge is -2.27. The fourth-order valence-corrected chi connectivity index (χ4v) is 4.61. The van der Waals surface area contributed by atoms with E-state index in [4.69, 9.17) is 0 Å². The average molecular weight is 316 g/mol. The molecule has 5 nitrogen and oxygen atoms in total. The first-order chi connectivity index (χ1) is 10.7. The van der Waals surface area contributed by atoms with Crippen LogP contribution in [-0.4, -0.2) is 24.3 Å². The van der Waals surface area contributed by atoms with Gasteiger partial charge in [-0.25, -0.2) is 4.98 Å². The van der Waals surface area contributed by atoms with Crippen molar-refractivity contribution < 1.29 is 5.11 Å². The zero-order valence-corrected chi connectivity index (χ0v) is 13.5. The van der Waals surface area contributed by atoms with Crippen LogP contribution in [0.25, 0.3) is 15.3 Å². The Labute approximate surface area is 133 Å². The quantitative estimate of drug-likeness (QED) is 0.805. The van der Waals surface area contributed by atoms with Crippen molar-refractivity contribution >= 4 is 16.2 Å². The number of imidazole rings is 1. The first kappa shape index (κ1) is 14.0. The van der Waals surface area contributed by atoms with Crippen molar-refractivity contribution in [2.24, 2.45) is 13.0 Å². The molecular formula is C16H20N4OS. The Morgan fingerprint density at radius 3 is 2.82 bits per heavy atom. The van der Waals surface area contributed by atoms with Crippen molar-refractivity contribution in [1.29, 1.82) is 0 Å². The second-order valence-electron chi connectivity index (χ2n) is 6.16. The number of aliphatic hydroxyl groups excluding tert-OH is 1. The van der Waals surface area contributed by atoms with Crippen LogP contribution in [0.5, 0.6) is 0 Å². The van der Waals surface area contributed by atoms with Crippen LogP contribution in [-0.2, 0) is 7.05 Å². The lowest BCUT2D eigenvalue weighted by Crippen LogP contribution is -2.17. The van der Waals surface area contributed by atoms with Gasteiger partial charge in [-0.3, -0.25) is 9.08 Å². The van der Waals surface area contributed by atoms with Gasteiger partial charge in [0, 0.05) is 18.8 Å². The summed E-state index contributed by atoms with van der Waals surface area (Å²) in [6.07, 6.45) is 13.1.